The number of likely N-dealkylation sites (tertiary alicyclic amines) is 1. The minimum absolute atomic E-state index is 0.196. The maximum atomic E-state index is 11.6. The number of amides is 1. The molecule has 1 amide bonds. The summed E-state index contributed by atoms with van der Waals surface area (Å²) in [4.78, 5) is 14.3. The summed E-state index contributed by atoms with van der Waals surface area (Å²) in [6.45, 7) is 7.51. The summed E-state index contributed by atoms with van der Waals surface area (Å²) in [5.74, 6) is 0.196. The smallest absolute Gasteiger partial charge is 0.219 e. The highest BCUT2D eigenvalue weighted by atomic mass is 16.1. The lowest BCUT2D eigenvalue weighted by Gasteiger charge is -2.44. The zero-order valence-corrected chi connectivity index (χ0v) is 16.0. The van der Waals surface area contributed by atoms with Gasteiger partial charge in [-0.05, 0) is 38.2 Å². The Labute approximate surface area is 153 Å². The molecule has 1 aliphatic carbocycles. The largest absolute Gasteiger partial charge is 0.353 e. The molecule has 2 fully saturated rings. The van der Waals surface area contributed by atoms with Gasteiger partial charge in [0.1, 0.15) is 0 Å². The monoisotopic (exact) mass is 342 g/mol. The van der Waals surface area contributed by atoms with Crippen molar-refractivity contribution in [3.63, 3.8) is 0 Å². The van der Waals surface area contributed by atoms with Gasteiger partial charge in [-0.3, -0.25) is 4.79 Å². The first-order chi connectivity index (χ1) is 12.1. The van der Waals surface area contributed by atoms with Gasteiger partial charge in [-0.15, -0.1) is 0 Å². The molecule has 0 atom stereocenters. The van der Waals surface area contributed by atoms with Crippen LogP contribution in [0.15, 0.2) is 24.3 Å². The van der Waals surface area contributed by atoms with E-state index in [9.17, 15) is 4.79 Å². The molecule has 0 radical (unpaired) electrons. The normalized spacial score (nSPS) is 21.8. The number of aryl methyl sites for hydroxylation is 1. The molecular weight excluding hydrogens is 308 g/mol. The summed E-state index contributed by atoms with van der Waals surface area (Å²) in [5, 5.41) is 3.17. The van der Waals surface area contributed by atoms with Crippen LogP contribution < -0.4 is 5.32 Å². The Morgan fingerprint density at radius 2 is 1.76 bits per heavy atom. The molecule has 1 aromatic rings. The van der Waals surface area contributed by atoms with Crippen LogP contribution >= 0.6 is 0 Å². The Balaban J connectivity index is 1.64. The average Bonchev–Trinajstić information content (AvgIpc) is 2.64. The van der Waals surface area contributed by atoms with Gasteiger partial charge in [-0.1, -0.05) is 56.0 Å². The van der Waals surface area contributed by atoms with Crippen molar-refractivity contribution in [2.45, 2.75) is 76.7 Å². The van der Waals surface area contributed by atoms with Gasteiger partial charge in [0.2, 0.25) is 5.91 Å². The van der Waals surface area contributed by atoms with E-state index in [2.05, 4.69) is 41.4 Å². The summed E-state index contributed by atoms with van der Waals surface area (Å²) in [7, 11) is 0. The van der Waals surface area contributed by atoms with Gasteiger partial charge in [0.25, 0.3) is 0 Å². The predicted octanol–water partition coefficient (Wildman–Crippen LogP) is 4.19. The standard InChI is InChI=1S/C22H34N2O/c1-3-21(25)23-20-11-15-24(16-12-20)17-22(13-5-4-6-14-22)19-9-7-18(2)8-10-19/h7-10,20H,3-6,11-17H2,1-2H3,(H,23,25). The molecule has 0 unspecified atom stereocenters. The van der Waals surface area contributed by atoms with Crippen molar-refractivity contribution in [1.29, 1.82) is 0 Å². The van der Waals surface area contributed by atoms with Crippen LogP contribution in [0.3, 0.4) is 0 Å². The topological polar surface area (TPSA) is 32.3 Å². The first-order valence-electron chi connectivity index (χ1n) is 10.2. The van der Waals surface area contributed by atoms with Crippen molar-refractivity contribution in [2.75, 3.05) is 19.6 Å². The third kappa shape index (κ3) is 4.63. The number of carbonyl (C=O) groups is 1. The van der Waals surface area contributed by atoms with Crippen molar-refractivity contribution in [2.24, 2.45) is 0 Å². The molecule has 1 heterocycles. The van der Waals surface area contributed by atoms with Crippen molar-refractivity contribution >= 4 is 5.91 Å². The molecule has 3 rings (SSSR count). The van der Waals surface area contributed by atoms with Gasteiger partial charge in [-0.2, -0.15) is 0 Å². The Morgan fingerprint density at radius 1 is 1.12 bits per heavy atom. The SMILES string of the molecule is CCC(=O)NC1CCN(CC2(c3ccc(C)cc3)CCCCC2)CC1. The number of hydrogen-bond acceptors (Lipinski definition) is 2. The molecule has 3 nitrogen and oxygen atoms in total. The Morgan fingerprint density at radius 3 is 2.36 bits per heavy atom. The number of nitrogens with one attached hydrogen (secondary N) is 1. The van der Waals surface area contributed by atoms with Crippen molar-refractivity contribution in [3.8, 4) is 0 Å². The minimum atomic E-state index is 0.196. The molecule has 1 aromatic carbocycles. The number of rotatable bonds is 5. The Bertz CT molecular complexity index is 552. The van der Waals surface area contributed by atoms with Crippen LogP contribution in [0.1, 0.15) is 69.4 Å². The summed E-state index contributed by atoms with van der Waals surface area (Å²) in [5.41, 5.74) is 3.23. The molecular formula is C22H34N2O. The highest BCUT2D eigenvalue weighted by Crippen LogP contribution is 2.40. The molecule has 0 spiro atoms. The van der Waals surface area contributed by atoms with Gasteiger partial charge in [-0.25, -0.2) is 0 Å². The molecule has 1 saturated carbocycles. The molecule has 1 aliphatic heterocycles. The number of hydrogen-bond donors (Lipinski definition) is 1. The summed E-state index contributed by atoms with van der Waals surface area (Å²) >= 11 is 0. The molecule has 1 N–H and O–H groups in total. The van der Waals surface area contributed by atoms with E-state index in [1.807, 2.05) is 6.92 Å². The predicted molar refractivity (Wildman–Crippen MR) is 104 cm³/mol. The van der Waals surface area contributed by atoms with E-state index >= 15 is 0 Å². The second-order valence-corrected chi connectivity index (χ2v) is 8.18. The van der Waals surface area contributed by atoms with Crippen LogP contribution in [0.2, 0.25) is 0 Å². The van der Waals surface area contributed by atoms with E-state index < -0.39 is 0 Å². The highest BCUT2D eigenvalue weighted by Gasteiger charge is 2.36. The minimum Gasteiger partial charge on any atom is -0.353 e. The molecule has 1 saturated heterocycles. The third-order valence-electron chi connectivity index (χ3n) is 6.27. The molecule has 3 heteroatoms. The number of piperidine rings is 1. The molecule has 138 valence electrons. The first kappa shape index (κ1) is 18.4. The Hall–Kier alpha value is -1.35. The van der Waals surface area contributed by atoms with Crippen LogP contribution in [0.5, 0.6) is 0 Å². The fourth-order valence-corrected chi connectivity index (χ4v) is 4.67. The molecule has 0 aromatic heterocycles. The van der Waals surface area contributed by atoms with Crippen LogP contribution in [0.4, 0.5) is 0 Å². The quantitative estimate of drug-likeness (QED) is 0.870. The second-order valence-electron chi connectivity index (χ2n) is 8.18. The highest BCUT2D eigenvalue weighted by molar-refractivity contribution is 5.75. The first-order valence-corrected chi connectivity index (χ1v) is 10.2. The van der Waals surface area contributed by atoms with Gasteiger partial charge in [0, 0.05) is 37.5 Å². The van der Waals surface area contributed by atoms with E-state index in [4.69, 9.17) is 0 Å². The van der Waals surface area contributed by atoms with Crippen LogP contribution in [0.25, 0.3) is 0 Å². The lowest BCUT2D eigenvalue weighted by atomic mass is 9.69. The van der Waals surface area contributed by atoms with E-state index in [1.165, 1.54) is 44.2 Å². The van der Waals surface area contributed by atoms with Crippen molar-refractivity contribution in [3.05, 3.63) is 35.4 Å². The average molecular weight is 343 g/mol. The van der Waals surface area contributed by atoms with E-state index in [0.29, 0.717) is 17.9 Å². The fourth-order valence-electron chi connectivity index (χ4n) is 4.67. The zero-order chi connectivity index (χ0) is 17.7. The molecule has 2 aliphatic rings. The van der Waals surface area contributed by atoms with Crippen LogP contribution in [0, 0.1) is 6.92 Å². The lowest BCUT2D eigenvalue weighted by molar-refractivity contribution is -0.121. The van der Waals surface area contributed by atoms with E-state index in [0.717, 1.165) is 25.9 Å². The maximum Gasteiger partial charge on any atom is 0.219 e. The van der Waals surface area contributed by atoms with Crippen LogP contribution in [-0.2, 0) is 10.2 Å². The number of carbonyl (C=O) groups excluding carboxylic acids is 1. The van der Waals surface area contributed by atoms with Crippen molar-refractivity contribution < 1.29 is 4.79 Å². The zero-order valence-electron chi connectivity index (χ0n) is 16.0. The number of nitrogens with zero attached hydrogens (tertiary/aromatic N) is 1. The van der Waals surface area contributed by atoms with Gasteiger partial charge in [0.05, 0.1) is 0 Å². The van der Waals surface area contributed by atoms with Gasteiger partial charge < -0.3 is 10.2 Å². The molecule has 0 bridgehead atoms. The van der Waals surface area contributed by atoms with Crippen molar-refractivity contribution in [1.82, 2.24) is 10.2 Å². The summed E-state index contributed by atoms with van der Waals surface area (Å²) < 4.78 is 0. The van der Waals surface area contributed by atoms with Crippen LogP contribution in [-0.4, -0.2) is 36.5 Å². The summed E-state index contributed by atoms with van der Waals surface area (Å²) in [6, 6.07) is 9.67. The summed E-state index contributed by atoms with van der Waals surface area (Å²) in [6.07, 6.45) is 9.53. The van der Waals surface area contributed by atoms with E-state index in [1.54, 1.807) is 5.56 Å². The van der Waals surface area contributed by atoms with E-state index in [-0.39, 0.29) is 5.91 Å². The third-order valence-corrected chi connectivity index (χ3v) is 6.27. The van der Waals surface area contributed by atoms with Gasteiger partial charge in [0.15, 0.2) is 0 Å². The lowest BCUT2D eigenvalue weighted by Crippen LogP contribution is -2.49. The maximum absolute atomic E-state index is 11.6. The second kappa shape index (κ2) is 8.35. The van der Waals surface area contributed by atoms with Gasteiger partial charge >= 0.3 is 0 Å². The Kier molecular flexibility index (Phi) is 6.16. The number of benzene rings is 1. The fraction of sp³-hybridized carbons (Fsp3) is 0.682. The molecule has 25 heavy (non-hydrogen) atoms.